The van der Waals surface area contributed by atoms with Crippen LogP contribution in [0.3, 0.4) is 0 Å². The van der Waals surface area contributed by atoms with E-state index < -0.39 is 0 Å². The Hall–Kier alpha value is -1.38. The zero-order valence-corrected chi connectivity index (χ0v) is 18.1. The number of phenols is 1. The number of benzene rings is 2. The minimum absolute atomic E-state index is 0.0536. The predicted molar refractivity (Wildman–Crippen MR) is 107 cm³/mol. The number of aryl methyl sites for hydroxylation is 1. The molecule has 1 aromatic heterocycles. The summed E-state index contributed by atoms with van der Waals surface area (Å²) in [6.07, 6.45) is 0. The highest BCUT2D eigenvalue weighted by molar-refractivity contribution is 9.11. The van der Waals surface area contributed by atoms with Gasteiger partial charge in [0, 0.05) is 17.5 Å². The van der Waals surface area contributed by atoms with E-state index in [4.69, 9.17) is 4.74 Å². The molecule has 0 saturated carbocycles. The van der Waals surface area contributed by atoms with Crippen LogP contribution in [0.5, 0.6) is 11.5 Å². The van der Waals surface area contributed by atoms with Gasteiger partial charge in [-0.1, -0.05) is 0 Å². The molecule has 0 unspecified atom stereocenters. The standard InChI is InChI=1S/C17H13Br3N2O3/c1-3-22-15(9-4-5-12(25-2)13(20)14(9)21-22)16(23)8-6-10(18)17(24)11(19)7-8/h4-7,24H,3H2,1-2H3. The van der Waals surface area contributed by atoms with Gasteiger partial charge in [0.15, 0.2) is 0 Å². The van der Waals surface area contributed by atoms with Crippen LogP contribution in [0.2, 0.25) is 0 Å². The van der Waals surface area contributed by atoms with Gasteiger partial charge in [0.05, 0.1) is 20.5 Å². The van der Waals surface area contributed by atoms with Gasteiger partial charge in [0.2, 0.25) is 5.78 Å². The Kier molecular flexibility index (Phi) is 5.22. The van der Waals surface area contributed by atoms with Crippen molar-refractivity contribution in [3.8, 4) is 11.5 Å². The average Bonchev–Trinajstić information content (AvgIpc) is 2.98. The zero-order valence-electron chi connectivity index (χ0n) is 13.3. The van der Waals surface area contributed by atoms with Crippen LogP contribution in [-0.4, -0.2) is 27.8 Å². The SMILES string of the molecule is CCn1nc2c(Br)c(OC)ccc2c1C(=O)c1cc(Br)c(O)c(Br)c1. The maximum Gasteiger partial charge on any atom is 0.211 e. The van der Waals surface area contributed by atoms with E-state index in [9.17, 15) is 9.90 Å². The van der Waals surface area contributed by atoms with Gasteiger partial charge in [-0.3, -0.25) is 9.48 Å². The molecule has 0 atom stereocenters. The topological polar surface area (TPSA) is 64.4 Å². The fourth-order valence-corrected chi connectivity index (χ4v) is 4.38. The molecule has 0 saturated heterocycles. The summed E-state index contributed by atoms with van der Waals surface area (Å²) in [5, 5.41) is 15.1. The van der Waals surface area contributed by atoms with Gasteiger partial charge in [-0.05, 0) is 79.0 Å². The van der Waals surface area contributed by atoms with Crippen LogP contribution in [0, 0.1) is 0 Å². The van der Waals surface area contributed by atoms with Crippen molar-refractivity contribution in [3.05, 3.63) is 48.9 Å². The maximum atomic E-state index is 13.2. The van der Waals surface area contributed by atoms with E-state index in [1.807, 2.05) is 13.0 Å². The van der Waals surface area contributed by atoms with E-state index in [0.717, 1.165) is 5.39 Å². The van der Waals surface area contributed by atoms with Crippen molar-refractivity contribution in [2.24, 2.45) is 0 Å². The Morgan fingerprint density at radius 1 is 1.24 bits per heavy atom. The Morgan fingerprint density at radius 3 is 2.44 bits per heavy atom. The third-order valence-corrected chi connectivity index (χ3v) is 5.80. The lowest BCUT2D eigenvalue weighted by molar-refractivity contribution is 0.103. The third kappa shape index (κ3) is 3.11. The van der Waals surface area contributed by atoms with E-state index in [0.29, 0.717) is 42.5 Å². The second-order valence-electron chi connectivity index (χ2n) is 5.26. The predicted octanol–water partition coefficient (Wildman–Crippen LogP) is 5.29. The Bertz CT molecular complexity index is 975. The minimum atomic E-state index is -0.178. The Balaban J connectivity index is 2.24. The lowest BCUT2D eigenvalue weighted by Crippen LogP contribution is -2.11. The summed E-state index contributed by atoms with van der Waals surface area (Å²) in [5.41, 5.74) is 1.60. The molecule has 2 aromatic carbocycles. The Morgan fingerprint density at radius 2 is 1.88 bits per heavy atom. The van der Waals surface area contributed by atoms with Crippen LogP contribution < -0.4 is 4.74 Å². The van der Waals surface area contributed by atoms with Gasteiger partial charge in [-0.2, -0.15) is 5.10 Å². The summed E-state index contributed by atoms with van der Waals surface area (Å²) < 4.78 is 8.58. The molecule has 0 spiro atoms. The zero-order chi connectivity index (χ0) is 18.3. The first kappa shape index (κ1) is 18.4. The fourth-order valence-electron chi connectivity index (χ4n) is 2.60. The highest BCUT2D eigenvalue weighted by atomic mass is 79.9. The fraction of sp³-hybridized carbons (Fsp3) is 0.176. The molecule has 0 fully saturated rings. The number of nitrogens with zero attached hydrogens (tertiary/aromatic N) is 2. The van der Waals surface area contributed by atoms with E-state index >= 15 is 0 Å². The maximum absolute atomic E-state index is 13.2. The van der Waals surface area contributed by atoms with Crippen LogP contribution in [0.4, 0.5) is 0 Å². The molecule has 0 aliphatic rings. The van der Waals surface area contributed by atoms with Crippen molar-refractivity contribution in [2.75, 3.05) is 7.11 Å². The van der Waals surface area contributed by atoms with E-state index in [1.54, 1.807) is 30.0 Å². The monoisotopic (exact) mass is 530 g/mol. The first-order chi connectivity index (χ1) is 11.9. The molecule has 5 nitrogen and oxygen atoms in total. The molecule has 0 radical (unpaired) electrons. The van der Waals surface area contributed by atoms with Gasteiger partial charge >= 0.3 is 0 Å². The van der Waals surface area contributed by atoms with E-state index in [2.05, 4.69) is 52.9 Å². The van der Waals surface area contributed by atoms with Crippen LogP contribution in [0.1, 0.15) is 23.0 Å². The largest absolute Gasteiger partial charge is 0.506 e. The lowest BCUT2D eigenvalue weighted by Gasteiger charge is -2.08. The summed E-state index contributed by atoms with van der Waals surface area (Å²) in [7, 11) is 1.58. The quantitative estimate of drug-likeness (QED) is 0.464. The number of ether oxygens (including phenoxy) is 1. The number of aromatic hydroxyl groups is 1. The van der Waals surface area contributed by atoms with Gasteiger partial charge in [0.25, 0.3) is 0 Å². The van der Waals surface area contributed by atoms with Crippen molar-refractivity contribution in [1.29, 1.82) is 0 Å². The highest BCUT2D eigenvalue weighted by Gasteiger charge is 2.23. The van der Waals surface area contributed by atoms with E-state index in [1.165, 1.54) is 0 Å². The van der Waals surface area contributed by atoms with Gasteiger partial charge in [-0.15, -0.1) is 0 Å². The normalized spacial score (nSPS) is 11.1. The second-order valence-corrected chi connectivity index (χ2v) is 7.76. The number of hydrogen-bond donors (Lipinski definition) is 1. The van der Waals surface area contributed by atoms with Crippen LogP contribution in [0.25, 0.3) is 10.9 Å². The van der Waals surface area contributed by atoms with E-state index in [-0.39, 0.29) is 11.5 Å². The van der Waals surface area contributed by atoms with Gasteiger partial charge < -0.3 is 9.84 Å². The average molecular weight is 533 g/mol. The smallest absolute Gasteiger partial charge is 0.211 e. The summed E-state index contributed by atoms with van der Waals surface area (Å²) >= 11 is 10.0. The number of fused-ring (bicyclic) bond motifs is 1. The highest BCUT2D eigenvalue weighted by Crippen LogP contribution is 2.37. The lowest BCUT2D eigenvalue weighted by atomic mass is 10.0. The molecule has 3 rings (SSSR count). The van der Waals surface area contributed by atoms with Crippen molar-refractivity contribution >= 4 is 64.5 Å². The molecule has 0 aliphatic heterocycles. The first-order valence-corrected chi connectivity index (χ1v) is 9.72. The number of hydrogen-bond acceptors (Lipinski definition) is 4. The molecule has 8 heteroatoms. The number of aromatic nitrogens is 2. The molecular formula is C17H13Br3N2O3. The summed E-state index contributed by atoms with van der Waals surface area (Å²) in [4.78, 5) is 13.2. The number of ketones is 1. The number of rotatable bonds is 4. The number of phenolic OH excluding ortho intramolecular Hbond substituents is 1. The third-order valence-electron chi connectivity index (χ3n) is 3.83. The molecule has 0 aliphatic carbocycles. The molecule has 130 valence electrons. The number of carbonyl (C=O) groups excluding carboxylic acids is 1. The van der Waals surface area contributed by atoms with Crippen LogP contribution in [-0.2, 0) is 6.54 Å². The first-order valence-electron chi connectivity index (χ1n) is 7.34. The van der Waals surface area contributed by atoms with Gasteiger partial charge in [-0.25, -0.2) is 0 Å². The molecule has 3 aromatic rings. The molecular weight excluding hydrogens is 520 g/mol. The van der Waals surface area contributed by atoms with Crippen molar-refractivity contribution < 1.29 is 14.6 Å². The minimum Gasteiger partial charge on any atom is -0.506 e. The second kappa shape index (κ2) is 7.09. The summed E-state index contributed by atoms with van der Waals surface area (Å²) in [6, 6.07) is 6.82. The number of carbonyl (C=O) groups is 1. The van der Waals surface area contributed by atoms with Crippen molar-refractivity contribution in [3.63, 3.8) is 0 Å². The molecule has 0 bridgehead atoms. The number of methoxy groups -OCH3 is 1. The van der Waals surface area contributed by atoms with Crippen molar-refractivity contribution in [1.82, 2.24) is 9.78 Å². The molecule has 1 heterocycles. The summed E-state index contributed by atoms with van der Waals surface area (Å²) in [6.45, 7) is 2.47. The number of halogens is 3. The van der Waals surface area contributed by atoms with Crippen molar-refractivity contribution in [2.45, 2.75) is 13.5 Å². The molecule has 0 amide bonds. The Labute approximate surface area is 169 Å². The summed E-state index contributed by atoms with van der Waals surface area (Å²) in [5.74, 6) is 0.531. The molecule has 25 heavy (non-hydrogen) atoms. The van der Waals surface area contributed by atoms with Crippen LogP contribution >= 0.6 is 47.8 Å². The molecule has 1 N–H and O–H groups in total. The van der Waals surface area contributed by atoms with Gasteiger partial charge in [0.1, 0.15) is 22.7 Å². The van der Waals surface area contributed by atoms with Crippen LogP contribution in [0.15, 0.2) is 37.7 Å².